The number of nitriles is 1. The summed E-state index contributed by atoms with van der Waals surface area (Å²) in [5, 5.41) is 9.08. The molecule has 0 aromatic rings. The van der Waals surface area contributed by atoms with Gasteiger partial charge in [0.1, 0.15) is 5.60 Å². The lowest BCUT2D eigenvalue weighted by atomic mass is 9.80. The van der Waals surface area contributed by atoms with Gasteiger partial charge in [0.25, 0.3) is 0 Å². The molecule has 4 nitrogen and oxygen atoms in total. The van der Waals surface area contributed by atoms with E-state index >= 15 is 0 Å². The molecule has 1 heterocycles. The Kier molecular flexibility index (Phi) is 3.71. The molecule has 1 unspecified atom stereocenters. The molecule has 1 amide bonds. The molecule has 0 aliphatic carbocycles. The zero-order chi connectivity index (χ0) is 13.3. The van der Waals surface area contributed by atoms with Crippen molar-refractivity contribution in [1.82, 2.24) is 4.90 Å². The minimum Gasteiger partial charge on any atom is -0.444 e. The third-order valence-electron chi connectivity index (χ3n) is 3.15. The first-order valence-corrected chi connectivity index (χ1v) is 6.05. The van der Waals surface area contributed by atoms with Gasteiger partial charge >= 0.3 is 6.09 Å². The van der Waals surface area contributed by atoms with E-state index in [4.69, 9.17) is 10.00 Å². The van der Waals surface area contributed by atoms with E-state index in [0.717, 1.165) is 6.42 Å². The molecule has 1 rings (SSSR count). The molecule has 1 aliphatic heterocycles. The number of hydrogen-bond acceptors (Lipinski definition) is 3. The van der Waals surface area contributed by atoms with Gasteiger partial charge in [-0.05, 0) is 47.0 Å². The van der Waals surface area contributed by atoms with Gasteiger partial charge in [0.05, 0.1) is 11.5 Å². The van der Waals surface area contributed by atoms with Crippen LogP contribution in [0.1, 0.15) is 41.0 Å². The van der Waals surface area contributed by atoms with Crippen LogP contribution in [-0.4, -0.2) is 29.7 Å². The number of rotatable bonds is 1. The summed E-state index contributed by atoms with van der Waals surface area (Å²) < 4.78 is 5.32. The maximum atomic E-state index is 11.8. The highest BCUT2D eigenvalue weighted by Crippen LogP contribution is 2.34. The van der Waals surface area contributed by atoms with Crippen LogP contribution in [0.5, 0.6) is 0 Å². The second-order valence-electron chi connectivity index (χ2n) is 6.25. The van der Waals surface area contributed by atoms with E-state index in [2.05, 4.69) is 6.07 Å². The Morgan fingerprint density at radius 2 is 1.94 bits per heavy atom. The zero-order valence-corrected chi connectivity index (χ0v) is 11.4. The number of amides is 1. The molecule has 96 valence electrons. The Labute approximate surface area is 104 Å². The third-order valence-corrected chi connectivity index (χ3v) is 3.15. The van der Waals surface area contributed by atoms with Crippen LogP contribution in [0.25, 0.3) is 0 Å². The molecular weight excluding hydrogens is 216 g/mol. The molecule has 0 bridgehead atoms. The lowest BCUT2D eigenvalue weighted by Gasteiger charge is -2.26. The van der Waals surface area contributed by atoms with Gasteiger partial charge in [0.15, 0.2) is 0 Å². The van der Waals surface area contributed by atoms with Crippen molar-refractivity contribution in [2.75, 3.05) is 13.1 Å². The smallest absolute Gasteiger partial charge is 0.410 e. The predicted octanol–water partition coefficient (Wildman–Crippen LogP) is 2.79. The van der Waals surface area contributed by atoms with Crippen LogP contribution >= 0.6 is 0 Å². The van der Waals surface area contributed by atoms with Crippen molar-refractivity contribution in [3.8, 4) is 6.07 Å². The SMILES string of the molecule is CC(C)(C)OC(=O)N1CCC(C(C)(C)C#N)C1. The van der Waals surface area contributed by atoms with Gasteiger partial charge in [-0.15, -0.1) is 0 Å². The molecule has 0 N–H and O–H groups in total. The van der Waals surface area contributed by atoms with Gasteiger partial charge in [-0.1, -0.05) is 0 Å². The van der Waals surface area contributed by atoms with Crippen LogP contribution in [0.4, 0.5) is 4.79 Å². The highest BCUT2D eigenvalue weighted by molar-refractivity contribution is 5.68. The first-order chi connectivity index (χ1) is 7.65. The fourth-order valence-electron chi connectivity index (χ4n) is 1.93. The number of carbonyl (C=O) groups excluding carboxylic acids is 1. The summed E-state index contributed by atoms with van der Waals surface area (Å²) in [5.41, 5.74) is -0.837. The van der Waals surface area contributed by atoms with Crippen LogP contribution in [-0.2, 0) is 4.74 Å². The number of carbonyl (C=O) groups is 1. The Morgan fingerprint density at radius 3 is 2.41 bits per heavy atom. The van der Waals surface area contributed by atoms with E-state index in [0.29, 0.717) is 13.1 Å². The Hall–Kier alpha value is -1.24. The molecule has 0 spiro atoms. The van der Waals surface area contributed by atoms with Crippen molar-refractivity contribution in [2.24, 2.45) is 11.3 Å². The lowest BCUT2D eigenvalue weighted by molar-refractivity contribution is 0.0281. The second kappa shape index (κ2) is 4.56. The van der Waals surface area contributed by atoms with Gasteiger partial charge in [-0.25, -0.2) is 4.79 Å². The molecule has 1 atom stereocenters. The maximum absolute atomic E-state index is 11.8. The van der Waals surface area contributed by atoms with Crippen molar-refractivity contribution < 1.29 is 9.53 Å². The third kappa shape index (κ3) is 3.62. The summed E-state index contributed by atoms with van der Waals surface area (Å²) >= 11 is 0. The van der Waals surface area contributed by atoms with E-state index < -0.39 is 5.60 Å². The van der Waals surface area contributed by atoms with E-state index in [1.54, 1.807) is 4.90 Å². The highest BCUT2D eigenvalue weighted by atomic mass is 16.6. The van der Waals surface area contributed by atoms with Crippen molar-refractivity contribution in [2.45, 2.75) is 46.6 Å². The fraction of sp³-hybridized carbons (Fsp3) is 0.846. The molecular formula is C13H22N2O2. The molecule has 0 aromatic heterocycles. The first-order valence-electron chi connectivity index (χ1n) is 6.05. The topological polar surface area (TPSA) is 53.3 Å². The summed E-state index contributed by atoms with van der Waals surface area (Å²) in [7, 11) is 0. The highest BCUT2D eigenvalue weighted by Gasteiger charge is 2.38. The van der Waals surface area contributed by atoms with Crippen LogP contribution < -0.4 is 0 Å². The van der Waals surface area contributed by atoms with Crippen LogP contribution in [0.2, 0.25) is 0 Å². The summed E-state index contributed by atoms with van der Waals surface area (Å²) in [6.45, 7) is 10.7. The van der Waals surface area contributed by atoms with Crippen LogP contribution in [0.3, 0.4) is 0 Å². The maximum Gasteiger partial charge on any atom is 0.410 e. The average Bonchev–Trinajstić information content (AvgIpc) is 2.64. The standard InChI is InChI=1S/C13H22N2O2/c1-12(2,3)17-11(16)15-7-6-10(8-15)13(4,5)9-14/h10H,6-8H2,1-5H3. The Bertz CT molecular complexity index is 336. The second-order valence-corrected chi connectivity index (χ2v) is 6.25. The van der Waals surface area contributed by atoms with E-state index in [-0.39, 0.29) is 17.4 Å². The molecule has 17 heavy (non-hydrogen) atoms. The van der Waals surface area contributed by atoms with E-state index in [1.165, 1.54) is 0 Å². The normalized spacial score (nSPS) is 21.2. The number of ether oxygens (including phenoxy) is 1. The van der Waals surface area contributed by atoms with Gasteiger partial charge < -0.3 is 9.64 Å². The zero-order valence-electron chi connectivity index (χ0n) is 11.4. The van der Waals surface area contributed by atoms with Gasteiger partial charge in [0, 0.05) is 13.1 Å². The Balaban J connectivity index is 2.57. The summed E-state index contributed by atoms with van der Waals surface area (Å²) in [4.78, 5) is 13.5. The number of likely N-dealkylation sites (tertiary alicyclic amines) is 1. The lowest BCUT2D eigenvalue weighted by Crippen LogP contribution is -2.36. The predicted molar refractivity (Wildman–Crippen MR) is 65.3 cm³/mol. The molecule has 1 fully saturated rings. The largest absolute Gasteiger partial charge is 0.444 e. The number of nitrogens with zero attached hydrogens (tertiary/aromatic N) is 2. The minimum atomic E-state index is -0.458. The first kappa shape index (κ1) is 13.8. The quantitative estimate of drug-likeness (QED) is 0.705. The molecule has 4 heteroatoms. The van der Waals surface area contributed by atoms with Crippen molar-refractivity contribution in [3.63, 3.8) is 0 Å². The fourth-order valence-corrected chi connectivity index (χ4v) is 1.93. The van der Waals surface area contributed by atoms with Crippen LogP contribution in [0, 0.1) is 22.7 Å². The average molecular weight is 238 g/mol. The van der Waals surface area contributed by atoms with Crippen LogP contribution in [0.15, 0.2) is 0 Å². The minimum absolute atomic E-state index is 0.236. The van der Waals surface area contributed by atoms with E-state index in [9.17, 15) is 4.79 Å². The summed E-state index contributed by atoms with van der Waals surface area (Å²) in [6, 6.07) is 2.31. The molecule has 0 radical (unpaired) electrons. The molecule has 0 aromatic carbocycles. The summed E-state index contributed by atoms with van der Waals surface area (Å²) in [6.07, 6.45) is 0.605. The Morgan fingerprint density at radius 1 is 1.35 bits per heavy atom. The van der Waals surface area contributed by atoms with Crippen molar-refractivity contribution >= 4 is 6.09 Å². The van der Waals surface area contributed by atoms with Crippen molar-refractivity contribution in [3.05, 3.63) is 0 Å². The van der Waals surface area contributed by atoms with E-state index in [1.807, 2.05) is 34.6 Å². The molecule has 1 saturated heterocycles. The summed E-state index contributed by atoms with van der Waals surface area (Å²) in [5.74, 6) is 0.236. The van der Waals surface area contributed by atoms with Gasteiger partial charge in [-0.2, -0.15) is 5.26 Å². The molecule has 1 aliphatic rings. The van der Waals surface area contributed by atoms with Crippen molar-refractivity contribution in [1.29, 1.82) is 5.26 Å². The molecule has 0 saturated carbocycles. The monoisotopic (exact) mass is 238 g/mol. The number of hydrogen-bond donors (Lipinski definition) is 0. The van der Waals surface area contributed by atoms with Gasteiger partial charge in [-0.3, -0.25) is 0 Å². The van der Waals surface area contributed by atoms with Gasteiger partial charge in [0.2, 0.25) is 0 Å².